The lowest BCUT2D eigenvalue weighted by molar-refractivity contribution is 0.271. The summed E-state index contributed by atoms with van der Waals surface area (Å²) in [5.41, 5.74) is 7.37. The standard InChI is InChI=1S/C15H26N2O/c1-3-9-17(10-4-2)11-5-6-13-7-8-15(18)14(16)12-13/h7-8,12,18H,3-6,9-11,16H2,1-2H3. The summed E-state index contributed by atoms with van der Waals surface area (Å²) in [6.45, 7) is 7.96. The van der Waals surface area contributed by atoms with Gasteiger partial charge in [0.15, 0.2) is 0 Å². The molecule has 3 heteroatoms. The zero-order valence-corrected chi connectivity index (χ0v) is 11.7. The van der Waals surface area contributed by atoms with Gasteiger partial charge in [0.05, 0.1) is 5.69 Å². The molecule has 1 aromatic rings. The number of hydrogen-bond donors (Lipinski definition) is 2. The lowest BCUT2D eigenvalue weighted by atomic mass is 10.1. The number of aromatic hydroxyl groups is 1. The Bertz CT molecular complexity index is 346. The molecule has 0 aromatic heterocycles. The monoisotopic (exact) mass is 250 g/mol. The third-order valence-electron chi connectivity index (χ3n) is 3.11. The molecule has 0 radical (unpaired) electrons. The zero-order chi connectivity index (χ0) is 13.4. The minimum absolute atomic E-state index is 0.178. The van der Waals surface area contributed by atoms with Gasteiger partial charge in [-0.1, -0.05) is 19.9 Å². The van der Waals surface area contributed by atoms with Crippen molar-refractivity contribution in [2.45, 2.75) is 39.5 Å². The smallest absolute Gasteiger partial charge is 0.138 e. The maximum absolute atomic E-state index is 9.36. The van der Waals surface area contributed by atoms with E-state index in [9.17, 15) is 5.11 Å². The van der Waals surface area contributed by atoms with Gasteiger partial charge in [0.2, 0.25) is 0 Å². The SMILES string of the molecule is CCCN(CCC)CCCc1ccc(O)c(N)c1. The Balaban J connectivity index is 2.37. The molecular weight excluding hydrogens is 224 g/mol. The average molecular weight is 250 g/mol. The summed E-state index contributed by atoms with van der Waals surface area (Å²) in [5, 5.41) is 9.36. The van der Waals surface area contributed by atoms with Crippen molar-refractivity contribution in [2.24, 2.45) is 0 Å². The van der Waals surface area contributed by atoms with E-state index >= 15 is 0 Å². The molecule has 0 bridgehead atoms. The van der Waals surface area contributed by atoms with Crippen LogP contribution in [0.25, 0.3) is 0 Å². The Labute approximate surface area is 111 Å². The summed E-state index contributed by atoms with van der Waals surface area (Å²) >= 11 is 0. The molecular formula is C15H26N2O. The van der Waals surface area contributed by atoms with Crippen LogP contribution in [0.2, 0.25) is 0 Å². The molecule has 0 saturated carbocycles. The lowest BCUT2D eigenvalue weighted by Gasteiger charge is -2.20. The first-order valence-electron chi connectivity index (χ1n) is 6.97. The van der Waals surface area contributed by atoms with Crippen LogP contribution in [0.1, 0.15) is 38.7 Å². The number of nitrogen functional groups attached to an aromatic ring is 1. The fourth-order valence-corrected chi connectivity index (χ4v) is 2.23. The molecule has 0 fully saturated rings. The van der Waals surface area contributed by atoms with Crippen LogP contribution in [0.5, 0.6) is 5.75 Å². The molecule has 0 spiro atoms. The fourth-order valence-electron chi connectivity index (χ4n) is 2.23. The first kappa shape index (κ1) is 14.8. The minimum atomic E-state index is 0.178. The molecule has 1 rings (SSSR count). The highest BCUT2D eigenvalue weighted by molar-refractivity contribution is 5.53. The van der Waals surface area contributed by atoms with Gasteiger partial charge in [-0.3, -0.25) is 0 Å². The summed E-state index contributed by atoms with van der Waals surface area (Å²) in [5.74, 6) is 0.178. The second-order valence-electron chi connectivity index (χ2n) is 4.84. The molecule has 0 saturated heterocycles. The van der Waals surface area contributed by atoms with E-state index in [0.717, 1.165) is 19.4 Å². The maximum atomic E-state index is 9.36. The first-order chi connectivity index (χ1) is 8.67. The Kier molecular flexibility index (Phi) is 6.58. The summed E-state index contributed by atoms with van der Waals surface area (Å²) in [6, 6.07) is 5.51. The van der Waals surface area contributed by atoms with Crippen LogP contribution in [0.4, 0.5) is 5.69 Å². The van der Waals surface area contributed by atoms with Crippen LogP contribution >= 0.6 is 0 Å². The van der Waals surface area contributed by atoms with Crippen molar-refractivity contribution in [3.05, 3.63) is 23.8 Å². The fraction of sp³-hybridized carbons (Fsp3) is 0.600. The molecule has 1 aromatic carbocycles. The molecule has 18 heavy (non-hydrogen) atoms. The van der Waals surface area contributed by atoms with E-state index < -0.39 is 0 Å². The van der Waals surface area contributed by atoms with E-state index in [1.54, 1.807) is 6.07 Å². The molecule has 0 amide bonds. The topological polar surface area (TPSA) is 49.5 Å². The number of nitrogens with zero attached hydrogens (tertiary/aromatic N) is 1. The number of phenols is 1. The number of rotatable bonds is 8. The molecule has 0 heterocycles. The third kappa shape index (κ3) is 4.96. The van der Waals surface area contributed by atoms with Crippen LogP contribution in [0.3, 0.4) is 0 Å². The maximum Gasteiger partial charge on any atom is 0.138 e. The van der Waals surface area contributed by atoms with Gasteiger partial charge in [0.25, 0.3) is 0 Å². The van der Waals surface area contributed by atoms with Crippen molar-refractivity contribution < 1.29 is 5.11 Å². The Hall–Kier alpha value is -1.22. The molecule has 0 aliphatic carbocycles. The van der Waals surface area contributed by atoms with Gasteiger partial charge in [-0.25, -0.2) is 0 Å². The minimum Gasteiger partial charge on any atom is -0.506 e. The predicted molar refractivity (Wildman–Crippen MR) is 77.9 cm³/mol. The third-order valence-corrected chi connectivity index (χ3v) is 3.11. The molecule has 0 unspecified atom stereocenters. The number of phenolic OH excluding ortho intramolecular Hbond substituents is 1. The Morgan fingerprint density at radius 3 is 2.33 bits per heavy atom. The van der Waals surface area contributed by atoms with Crippen LogP contribution in [-0.2, 0) is 6.42 Å². The van der Waals surface area contributed by atoms with Gasteiger partial charge in [-0.15, -0.1) is 0 Å². The highest BCUT2D eigenvalue weighted by Crippen LogP contribution is 2.21. The number of anilines is 1. The quantitative estimate of drug-likeness (QED) is 0.551. The van der Waals surface area contributed by atoms with Gasteiger partial charge in [-0.05, 0) is 63.0 Å². The van der Waals surface area contributed by atoms with Gasteiger partial charge >= 0.3 is 0 Å². The Morgan fingerprint density at radius 1 is 1.11 bits per heavy atom. The number of hydrogen-bond acceptors (Lipinski definition) is 3. The van der Waals surface area contributed by atoms with E-state index in [1.807, 2.05) is 12.1 Å². The van der Waals surface area contributed by atoms with Crippen molar-refractivity contribution in [3.63, 3.8) is 0 Å². The van der Waals surface area contributed by atoms with Crippen molar-refractivity contribution in [2.75, 3.05) is 25.4 Å². The average Bonchev–Trinajstić information content (AvgIpc) is 2.34. The zero-order valence-electron chi connectivity index (χ0n) is 11.7. The Morgan fingerprint density at radius 2 is 1.78 bits per heavy atom. The van der Waals surface area contributed by atoms with Crippen molar-refractivity contribution in [3.8, 4) is 5.75 Å². The van der Waals surface area contributed by atoms with Gasteiger partial charge in [0, 0.05) is 0 Å². The van der Waals surface area contributed by atoms with E-state index in [1.165, 1.54) is 31.5 Å². The second kappa shape index (κ2) is 7.98. The molecule has 3 nitrogen and oxygen atoms in total. The van der Waals surface area contributed by atoms with E-state index in [4.69, 9.17) is 5.73 Å². The summed E-state index contributed by atoms with van der Waals surface area (Å²) in [6.07, 6.45) is 4.59. The van der Waals surface area contributed by atoms with Crippen molar-refractivity contribution in [1.82, 2.24) is 4.90 Å². The number of aryl methyl sites for hydroxylation is 1. The number of benzene rings is 1. The lowest BCUT2D eigenvalue weighted by Crippen LogP contribution is -2.26. The van der Waals surface area contributed by atoms with Gasteiger partial charge in [-0.2, -0.15) is 0 Å². The normalized spacial score (nSPS) is 11.1. The molecule has 0 atom stereocenters. The van der Waals surface area contributed by atoms with E-state index in [0.29, 0.717) is 5.69 Å². The highest BCUT2D eigenvalue weighted by Gasteiger charge is 2.03. The van der Waals surface area contributed by atoms with Crippen molar-refractivity contribution >= 4 is 5.69 Å². The van der Waals surface area contributed by atoms with Crippen LogP contribution in [0.15, 0.2) is 18.2 Å². The highest BCUT2D eigenvalue weighted by atomic mass is 16.3. The van der Waals surface area contributed by atoms with Gasteiger partial charge < -0.3 is 15.7 Å². The predicted octanol–water partition coefficient (Wildman–Crippen LogP) is 3.03. The summed E-state index contributed by atoms with van der Waals surface area (Å²) < 4.78 is 0. The van der Waals surface area contributed by atoms with Crippen LogP contribution in [0, 0.1) is 0 Å². The first-order valence-corrected chi connectivity index (χ1v) is 6.97. The summed E-state index contributed by atoms with van der Waals surface area (Å²) in [4.78, 5) is 2.52. The second-order valence-corrected chi connectivity index (χ2v) is 4.84. The summed E-state index contributed by atoms with van der Waals surface area (Å²) in [7, 11) is 0. The van der Waals surface area contributed by atoms with E-state index in [2.05, 4.69) is 18.7 Å². The number of nitrogens with two attached hydrogens (primary N) is 1. The van der Waals surface area contributed by atoms with Gasteiger partial charge in [0.1, 0.15) is 5.75 Å². The molecule has 3 N–H and O–H groups in total. The molecule has 0 aliphatic rings. The van der Waals surface area contributed by atoms with Crippen LogP contribution < -0.4 is 5.73 Å². The van der Waals surface area contributed by atoms with E-state index in [-0.39, 0.29) is 5.75 Å². The molecule has 102 valence electrons. The molecule has 0 aliphatic heterocycles. The van der Waals surface area contributed by atoms with Crippen LogP contribution in [-0.4, -0.2) is 29.6 Å². The largest absolute Gasteiger partial charge is 0.506 e. The van der Waals surface area contributed by atoms with Crippen molar-refractivity contribution in [1.29, 1.82) is 0 Å².